The van der Waals surface area contributed by atoms with Crippen LogP contribution in [0, 0.1) is 18.3 Å². The third-order valence-electron chi connectivity index (χ3n) is 1.60. The smallest absolute Gasteiger partial charge is 0.245 e. The Kier molecular flexibility index (Phi) is 2.28. The maximum Gasteiger partial charge on any atom is 0.273 e. The maximum absolute atomic E-state index is 12.9. The number of hydrogen-bond donors (Lipinski definition) is 0. The molecular weight excluding hydrogens is 174 g/mol. The lowest BCUT2D eigenvalue weighted by atomic mass is 10.1. The first kappa shape index (κ1) is 9.59. The molecule has 0 saturated carbocycles. The highest BCUT2D eigenvalue weighted by Gasteiger charge is 2.28. The van der Waals surface area contributed by atoms with Gasteiger partial charge in [0.1, 0.15) is 11.8 Å². The number of nitriles is 1. The Hall–Kier alpha value is -1.50. The first-order valence-electron chi connectivity index (χ1n) is 3.70. The number of halogens is 2. The zero-order valence-electron chi connectivity index (χ0n) is 7.31. The minimum absolute atomic E-state index is 0.210. The summed E-state index contributed by atoms with van der Waals surface area (Å²) in [4.78, 5) is 3.62. The Balaban J connectivity index is 3.35. The molecule has 0 atom stereocenters. The van der Waals surface area contributed by atoms with Gasteiger partial charge in [0.15, 0.2) is 0 Å². The number of aryl methyl sites for hydroxylation is 1. The number of alkyl halides is 2. The summed E-state index contributed by atoms with van der Waals surface area (Å²) < 4.78 is 25.8. The highest BCUT2D eigenvalue weighted by molar-refractivity contribution is 5.36. The predicted molar refractivity (Wildman–Crippen MR) is 43.3 cm³/mol. The van der Waals surface area contributed by atoms with Gasteiger partial charge < -0.3 is 0 Å². The van der Waals surface area contributed by atoms with Crippen LogP contribution in [0.5, 0.6) is 0 Å². The maximum atomic E-state index is 12.9. The SMILES string of the molecule is Cc1cnc(C#N)c(C(C)(F)F)c1. The molecule has 68 valence electrons. The number of rotatable bonds is 1. The van der Waals surface area contributed by atoms with Crippen LogP contribution in [0.2, 0.25) is 0 Å². The van der Waals surface area contributed by atoms with E-state index in [1.807, 2.05) is 0 Å². The van der Waals surface area contributed by atoms with Gasteiger partial charge >= 0.3 is 0 Å². The van der Waals surface area contributed by atoms with E-state index in [1.165, 1.54) is 12.3 Å². The van der Waals surface area contributed by atoms with Crippen molar-refractivity contribution < 1.29 is 8.78 Å². The van der Waals surface area contributed by atoms with Crippen molar-refractivity contribution in [3.8, 4) is 6.07 Å². The van der Waals surface area contributed by atoms with Gasteiger partial charge in [-0.05, 0) is 18.6 Å². The standard InChI is InChI=1S/C9H8F2N2/c1-6-3-7(9(2,10)11)8(4-12)13-5-6/h3,5H,1-2H3. The van der Waals surface area contributed by atoms with E-state index in [-0.39, 0.29) is 11.3 Å². The Labute approximate surface area is 74.8 Å². The molecule has 0 bridgehead atoms. The van der Waals surface area contributed by atoms with Crippen molar-refractivity contribution in [2.75, 3.05) is 0 Å². The third kappa shape index (κ3) is 2.00. The summed E-state index contributed by atoms with van der Waals surface area (Å²) in [6.45, 7) is 2.41. The van der Waals surface area contributed by atoms with Gasteiger partial charge in [0.05, 0.1) is 5.56 Å². The van der Waals surface area contributed by atoms with Gasteiger partial charge in [0.25, 0.3) is 5.92 Å². The van der Waals surface area contributed by atoms with E-state index < -0.39 is 5.92 Å². The largest absolute Gasteiger partial charge is 0.273 e. The van der Waals surface area contributed by atoms with Gasteiger partial charge in [-0.15, -0.1) is 0 Å². The Morgan fingerprint density at radius 1 is 1.54 bits per heavy atom. The van der Waals surface area contributed by atoms with Crippen LogP contribution in [-0.2, 0) is 5.92 Å². The summed E-state index contributed by atoms with van der Waals surface area (Å²) in [7, 11) is 0. The molecule has 13 heavy (non-hydrogen) atoms. The van der Waals surface area contributed by atoms with Gasteiger partial charge in [-0.3, -0.25) is 0 Å². The van der Waals surface area contributed by atoms with Crippen molar-refractivity contribution >= 4 is 0 Å². The lowest BCUT2D eigenvalue weighted by Crippen LogP contribution is -2.11. The first-order valence-corrected chi connectivity index (χ1v) is 3.70. The molecule has 0 aliphatic carbocycles. The van der Waals surface area contributed by atoms with Crippen molar-refractivity contribution in [1.82, 2.24) is 4.98 Å². The number of hydrogen-bond acceptors (Lipinski definition) is 2. The molecule has 1 rings (SSSR count). The summed E-state index contributed by atoms with van der Waals surface area (Å²) in [5, 5.41) is 8.53. The Morgan fingerprint density at radius 2 is 2.15 bits per heavy atom. The van der Waals surface area contributed by atoms with Crippen LogP contribution >= 0.6 is 0 Å². The van der Waals surface area contributed by atoms with Gasteiger partial charge in [-0.25, -0.2) is 13.8 Å². The summed E-state index contributed by atoms with van der Waals surface area (Å²) in [6, 6.07) is 2.92. The molecule has 0 spiro atoms. The van der Waals surface area contributed by atoms with E-state index in [2.05, 4.69) is 4.98 Å². The van der Waals surface area contributed by atoms with Crippen LogP contribution in [0.4, 0.5) is 8.78 Å². The van der Waals surface area contributed by atoms with E-state index in [0.717, 1.165) is 6.92 Å². The summed E-state index contributed by atoms with van der Waals surface area (Å²) >= 11 is 0. The summed E-state index contributed by atoms with van der Waals surface area (Å²) in [5.41, 5.74) is 0.101. The van der Waals surface area contributed by atoms with Gasteiger partial charge in [0, 0.05) is 13.1 Å². The van der Waals surface area contributed by atoms with E-state index in [9.17, 15) is 8.78 Å². The number of nitrogens with zero attached hydrogens (tertiary/aromatic N) is 2. The molecule has 0 N–H and O–H groups in total. The molecule has 0 aliphatic heterocycles. The van der Waals surface area contributed by atoms with Crippen molar-refractivity contribution in [2.24, 2.45) is 0 Å². The molecule has 0 saturated heterocycles. The average Bonchev–Trinajstić information content (AvgIpc) is 2.03. The lowest BCUT2D eigenvalue weighted by molar-refractivity contribution is 0.0167. The minimum Gasteiger partial charge on any atom is -0.245 e. The van der Waals surface area contributed by atoms with Crippen molar-refractivity contribution in [3.05, 3.63) is 29.1 Å². The Morgan fingerprint density at radius 3 is 2.62 bits per heavy atom. The molecule has 0 unspecified atom stereocenters. The lowest BCUT2D eigenvalue weighted by Gasteiger charge is -2.11. The van der Waals surface area contributed by atoms with Gasteiger partial charge in [0.2, 0.25) is 0 Å². The van der Waals surface area contributed by atoms with Crippen LogP contribution in [0.25, 0.3) is 0 Å². The van der Waals surface area contributed by atoms with Gasteiger partial charge in [-0.2, -0.15) is 5.26 Å². The fourth-order valence-corrected chi connectivity index (χ4v) is 0.993. The molecule has 1 aromatic rings. The highest BCUT2D eigenvalue weighted by atomic mass is 19.3. The highest BCUT2D eigenvalue weighted by Crippen LogP contribution is 2.29. The van der Waals surface area contributed by atoms with E-state index in [0.29, 0.717) is 5.56 Å². The molecule has 0 radical (unpaired) electrons. The quantitative estimate of drug-likeness (QED) is 0.668. The minimum atomic E-state index is -3.01. The zero-order chi connectivity index (χ0) is 10.1. The molecule has 1 aromatic heterocycles. The molecule has 0 amide bonds. The second-order valence-electron chi connectivity index (χ2n) is 2.91. The van der Waals surface area contributed by atoms with E-state index in [4.69, 9.17) is 5.26 Å². The Bertz CT molecular complexity index is 361. The van der Waals surface area contributed by atoms with Crippen molar-refractivity contribution in [1.29, 1.82) is 5.26 Å². The summed E-state index contributed by atoms with van der Waals surface area (Å²) in [6.07, 6.45) is 1.40. The molecule has 0 aromatic carbocycles. The second-order valence-corrected chi connectivity index (χ2v) is 2.91. The molecular formula is C9H8F2N2. The predicted octanol–water partition coefficient (Wildman–Crippen LogP) is 2.37. The first-order chi connectivity index (χ1) is 5.95. The van der Waals surface area contributed by atoms with Crippen LogP contribution in [-0.4, -0.2) is 4.98 Å². The molecule has 0 fully saturated rings. The third-order valence-corrected chi connectivity index (χ3v) is 1.60. The van der Waals surface area contributed by atoms with E-state index >= 15 is 0 Å². The molecule has 1 heterocycles. The fraction of sp³-hybridized carbons (Fsp3) is 0.333. The fourth-order valence-electron chi connectivity index (χ4n) is 0.993. The van der Waals surface area contributed by atoms with Gasteiger partial charge in [-0.1, -0.05) is 0 Å². The number of aromatic nitrogens is 1. The molecule has 4 heteroatoms. The van der Waals surface area contributed by atoms with Crippen LogP contribution in [0.15, 0.2) is 12.3 Å². The second kappa shape index (κ2) is 3.09. The number of pyridine rings is 1. The van der Waals surface area contributed by atoms with Crippen molar-refractivity contribution in [2.45, 2.75) is 19.8 Å². The zero-order valence-corrected chi connectivity index (χ0v) is 7.31. The molecule has 2 nitrogen and oxygen atoms in total. The summed E-state index contributed by atoms with van der Waals surface area (Å²) in [5.74, 6) is -3.01. The van der Waals surface area contributed by atoms with Crippen LogP contribution in [0.1, 0.15) is 23.7 Å². The van der Waals surface area contributed by atoms with Crippen LogP contribution < -0.4 is 0 Å². The molecule has 0 aliphatic rings. The topological polar surface area (TPSA) is 36.7 Å². The van der Waals surface area contributed by atoms with Crippen molar-refractivity contribution in [3.63, 3.8) is 0 Å². The normalized spacial score (nSPS) is 11.0. The average molecular weight is 182 g/mol. The van der Waals surface area contributed by atoms with Crippen LogP contribution in [0.3, 0.4) is 0 Å². The monoisotopic (exact) mass is 182 g/mol. The van der Waals surface area contributed by atoms with E-state index in [1.54, 1.807) is 13.0 Å².